The summed E-state index contributed by atoms with van der Waals surface area (Å²) in [6.45, 7) is 3.92. The molecule has 0 radical (unpaired) electrons. The highest BCUT2D eigenvalue weighted by atomic mass is 16.5. The number of likely N-dealkylation sites (N-methyl/N-ethyl adjacent to an activating group) is 1. The Morgan fingerprint density at radius 1 is 0.968 bits per heavy atom. The lowest BCUT2D eigenvalue weighted by Gasteiger charge is -2.36. The summed E-state index contributed by atoms with van der Waals surface area (Å²) in [6, 6.07) is 15.1. The standard InChI is InChI=1S/C25H29N3O3/c1-17-9-11-19(12-10-17)28-24(29)22(20-7-5-6-8-21(20)31-4)23(25(28)30)27(3)18-13-15-26(2)16-14-18/h5-12,18H,13-16H2,1-4H3. The zero-order valence-electron chi connectivity index (χ0n) is 18.6. The summed E-state index contributed by atoms with van der Waals surface area (Å²) in [7, 11) is 5.63. The van der Waals surface area contributed by atoms with E-state index in [1.54, 1.807) is 7.11 Å². The summed E-state index contributed by atoms with van der Waals surface area (Å²) < 4.78 is 5.54. The van der Waals surface area contributed by atoms with Crippen LogP contribution >= 0.6 is 0 Å². The average Bonchev–Trinajstić information content (AvgIpc) is 3.04. The van der Waals surface area contributed by atoms with E-state index in [-0.39, 0.29) is 17.9 Å². The van der Waals surface area contributed by atoms with Gasteiger partial charge in [-0.05, 0) is 58.1 Å². The molecule has 0 aliphatic carbocycles. The van der Waals surface area contributed by atoms with Gasteiger partial charge in [0, 0.05) is 18.7 Å². The lowest BCUT2D eigenvalue weighted by molar-refractivity contribution is -0.120. The Hall–Kier alpha value is -3.12. The number of hydrogen-bond donors (Lipinski definition) is 0. The lowest BCUT2D eigenvalue weighted by Crippen LogP contribution is -2.43. The Morgan fingerprint density at radius 3 is 2.26 bits per heavy atom. The Bertz CT molecular complexity index is 1020. The van der Waals surface area contributed by atoms with Crippen LogP contribution in [-0.2, 0) is 9.59 Å². The van der Waals surface area contributed by atoms with Crippen molar-refractivity contribution in [3.05, 3.63) is 65.4 Å². The molecule has 1 saturated heterocycles. The molecule has 0 saturated carbocycles. The van der Waals surface area contributed by atoms with E-state index < -0.39 is 0 Å². The minimum Gasteiger partial charge on any atom is -0.496 e. The molecule has 0 bridgehead atoms. The zero-order valence-corrected chi connectivity index (χ0v) is 18.6. The molecule has 6 nitrogen and oxygen atoms in total. The van der Waals surface area contributed by atoms with Crippen LogP contribution in [0.1, 0.15) is 24.0 Å². The van der Waals surface area contributed by atoms with Crippen LogP contribution in [0.15, 0.2) is 54.2 Å². The molecule has 4 rings (SSSR count). The molecule has 0 atom stereocenters. The second-order valence-electron chi connectivity index (χ2n) is 8.35. The van der Waals surface area contributed by atoms with Crippen LogP contribution in [0.25, 0.3) is 5.57 Å². The number of carbonyl (C=O) groups is 2. The second-order valence-corrected chi connectivity index (χ2v) is 8.35. The molecule has 0 N–H and O–H groups in total. The van der Waals surface area contributed by atoms with Gasteiger partial charge in [0.1, 0.15) is 11.4 Å². The molecule has 2 aromatic rings. The van der Waals surface area contributed by atoms with Crippen LogP contribution in [0, 0.1) is 6.92 Å². The average molecular weight is 420 g/mol. The number of anilines is 1. The van der Waals surface area contributed by atoms with Crippen LogP contribution in [0.4, 0.5) is 5.69 Å². The fraction of sp³-hybridized carbons (Fsp3) is 0.360. The number of amides is 2. The highest BCUT2D eigenvalue weighted by Gasteiger charge is 2.44. The number of likely N-dealkylation sites (tertiary alicyclic amines) is 1. The largest absolute Gasteiger partial charge is 0.496 e. The highest BCUT2D eigenvalue weighted by molar-refractivity contribution is 6.45. The molecule has 6 heteroatoms. The first kappa shape index (κ1) is 21.1. The molecule has 2 amide bonds. The van der Waals surface area contributed by atoms with Crippen molar-refractivity contribution in [2.45, 2.75) is 25.8 Å². The van der Waals surface area contributed by atoms with Crippen molar-refractivity contribution in [2.75, 3.05) is 39.2 Å². The summed E-state index contributed by atoms with van der Waals surface area (Å²) in [6.07, 6.45) is 1.89. The number of piperidine rings is 1. The molecule has 162 valence electrons. The fourth-order valence-electron chi connectivity index (χ4n) is 4.43. The molecular formula is C25H29N3O3. The van der Waals surface area contributed by atoms with Gasteiger partial charge in [-0.15, -0.1) is 0 Å². The Kier molecular flexibility index (Phi) is 5.83. The summed E-state index contributed by atoms with van der Waals surface area (Å²) >= 11 is 0. The number of benzene rings is 2. The van der Waals surface area contributed by atoms with Gasteiger partial charge >= 0.3 is 0 Å². The van der Waals surface area contributed by atoms with Gasteiger partial charge in [0.2, 0.25) is 0 Å². The van der Waals surface area contributed by atoms with Gasteiger partial charge in [-0.25, -0.2) is 4.90 Å². The van der Waals surface area contributed by atoms with Gasteiger partial charge in [0.15, 0.2) is 0 Å². The summed E-state index contributed by atoms with van der Waals surface area (Å²) in [5, 5.41) is 0. The third-order valence-electron chi connectivity index (χ3n) is 6.32. The molecule has 0 unspecified atom stereocenters. The number of para-hydroxylation sites is 1. The molecule has 2 heterocycles. The quantitative estimate of drug-likeness (QED) is 0.696. The Balaban J connectivity index is 1.82. The molecule has 2 aliphatic rings. The Morgan fingerprint density at radius 2 is 1.61 bits per heavy atom. The lowest BCUT2D eigenvalue weighted by atomic mass is 9.99. The van der Waals surface area contributed by atoms with Crippen LogP contribution < -0.4 is 9.64 Å². The van der Waals surface area contributed by atoms with Crippen molar-refractivity contribution in [3.8, 4) is 5.75 Å². The van der Waals surface area contributed by atoms with Gasteiger partial charge in [-0.3, -0.25) is 9.59 Å². The third-order valence-corrected chi connectivity index (χ3v) is 6.32. The molecular weight excluding hydrogens is 390 g/mol. The number of imide groups is 1. The summed E-state index contributed by atoms with van der Waals surface area (Å²) in [5.74, 6) is -0.0111. The van der Waals surface area contributed by atoms with Gasteiger partial charge in [0.25, 0.3) is 11.8 Å². The van der Waals surface area contributed by atoms with E-state index in [9.17, 15) is 9.59 Å². The van der Waals surface area contributed by atoms with E-state index in [4.69, 9.17) is 4.74 Å². The maximum Gasteiger partial charge on any atom is 0.282 e. The number of hydrogen-bond acceptors (Lipinski definition) is 5. The van der Waals surface area contributed by atoms with E-state index >= 15 is 0 Å². The summed E-state index contributed by atoms with van der Waals surface area (Å²) in [4.78, 5) is 33.0. The Labute approximate surface area is 183 Å². The molecule has 0 aromatic heterocycles. The van der Waals surface area contributed by atoms with E-state index in [2.05, 4.69) is 11.9 Å². The smallest absolute Gasteiger partial charge is 0.282 e. The minimum absolute atomic E-state index is 0.200. The van der Waals surface area contributed by atoms with Crippen molar-refractivity contribution in [3.63, 3.8) is 0 Å². The van der Waals surface area contributed by atoms with E-state index in [0.717, 1.165) is 31.5 Å². The maximum atomic E-state index is 13.7. The molecule has 2 aromatic carbocycles. The third kappa shape index (κ3) is 3.83. The van der Waals surface area contributed by atoms with Gasteiger partial charge in [0.05, 0.1) is 18.4 Å². The number of rotatable bonds is 5. The number of methoxy groups -OCH3 is 1. The van der Waals surface area contributed by atoms with Crippen LogP contribution in [0.5, 0.6) is 5.75 Å². The van der Waals surface area contributed by atoms with Crippen LogP contribution in [-0.4, -0.2) is 62.0 Å². The first-order valence-electron chi connectivity index (χ1n) is 10.7. The van der Waals surface area contributed by atoms with Crippen molar-refractivity contribution in [1.29, 1.82) is 0 Å². The molecule has 1 fully saturated rings. The topological polar surface area (TPSA) is 53.1 Å². The SMILES string of the molecule is COc1ccccc1C1=C(N(C)C2CCN(C)CC2)C(=O)N(c2ccc(C)cc2)C1=O. The first-order chi connectivity index (χ1) is 14.9. The van der Waals surface area contributed by atoms with Crippen LogP contribution in [0.3, 0.4) is 0 Å². The fourth-order valence-corrected chi connectivity index (χ4v) is 4.43. The first-order valence-corrected chi connectivity index (χ1v) is 10.7. The van der Waals surface area contributed by atoms with Gasteiger partial charge < -0.3 is 14.5 Å². The number of nitrogens with zero attached hydrogens (tertiary/aromatic N) is 3. The van der Waals surface area contributed by atoms with Crippen molar-refractivity contribution in [2.24, 2.45) is 0 Å². The van der Waals surface area contributed by atoms with Crippen molar-refractivity contribution >= 4 is 23.1 Å². The van der Waals surface area contributed by atoms with E-state index in [1.165, 1.54) is 4.90 Å². The van der Waals surface area contributed by atoms with Crippen LogP contribution in [0.2, 0.25) is 0 Å². The minimum atomic E-state index is -0.312. The predicted molar refractivity (Wildman–Crippen MR) is 122 cm³/mol. The number of ether oxygens (including phenoxy) is 1. The van der Waals surface area contributed by atoms with Gasteiger partial charge in [-0.2, -0.15) is 0 Å². The maximum absolute atomic E-state index is 13.7. The summed E-state index contributed by atoms with van der Waals surface area (Å²) in [5.41, 5.74) is 3.16. The number of carbonyl (C=O) groups excluding carboxylic acids is 2. The van der Waals surface area contributed by atoms with E-state index in [0.29, 0.717) is 28.3 Å². The zero-order chi connectivity index (χ0) is 22.1. The predicted octanol–water partition coefficient (Wildman–Crippen LogP) is 3.31. The molecule has 31 heavy (non-hydrogen) atoms. The molecule has 2 aliphatic heterocycles. The normalized spacial score (nSPS) is 18.1. The molecule has 0 spiro atoms. The monoisotopic (exact) mass is 419 g/mol. The van der Waals surface area contributed by atoms with Crippen molar-refractivity contribution < 1.29 is 14.3 Å². The van der Waals surface area contributed by atoms with E-state index in [1.807, 2.05) is 67.4 Å². The number of aryl methyl sites for hydroxylation is 1. The highest BCUT2D eigenvalue weighted by Crippen LogP contribution is 2.39. The van der Waals surface area contributed by atoms with Gasteiger partial charge in [-0.1, -0.05) is 35.9 Å². The van der Waals surface area contributed by atoms with Crippen molar-refractivity contribution in [1.82, 2.24) is 9.80 Å². The second kappa shape index (κ2) is 8.55.